The minimum Gasteiger partial charge on any atom is -0.481 e. The number of aryl methyl sites for hydroxylation is 1. The van der Waals surface area contributed by atoms with Gasteiger partial charge < -0.3 is 10.0 Å². The van der Waals surface area contributed by atoms with E-state index in [-0.39, 0.29) is 35.2 Å². The molecule has 1 aliphatic heterocycles. The molecule has 5 rings (SSSR count). The smallest absolute Gasteiger partial charge is 0.303 e. The van der Waals surface area contributed by atoms with Gasteiger partial charge in [0.25, 0.3) is 0 Å². The van der Waals surface area contributed by atoms with Crippen LogP contribution in [0.25, 0.3) is 11.1 Å². The molecule has 1 heterocycles. The molecule has 1 atom stereocenters. The van der Waals surface area contributed by atoms with E-state index < -0.39 is 16.0 Å². The number of carboxylic acid groups (broad SMARTS) is 1. The van der Waals surface area contributed by atoms with Gasteiger partial charge in [-0.15, -0.1) is 0 Å². The van der Waals surface area contributed by atoms with Crippen LogP contribution in [0.4, 0.5) is 0 Å². The van der Waals surface area contributed by atoms with Gasteiger partial charge in [-0.05, 0) is 85.8 Å². The molecule has 2 aliphatic rings. The molecule has 0 spiro atoms. The maximum absolute atomic E-state index is 13.5. The number of sulfonamides is 1. The molecule has 1 unspecified atom stereocenters. The maximum atomic E-state index is 13.5. The van der Waals surface area contributed by atoms with Crippen molar-refractivity contribution in [1.82, 2.24) is 9.62 Å². The number of hydrogen-bond donors (Lipinski definition) is 2. The lowest BCUT2D eigenvalue weighted by Crippen LogP contribution is -2.45. The van der Waals surface area contributed by atoms with Crippen LogP contribution in [-0.2, 0) is 26.0 Å². The summed E-state index contributed by atoms with van der Waals surface area (Å²) in [6.45, 7) is 0.788. The van der Waals surface area contributed by atoms with E-state index >= 15 is 0 Å². The third-order valence-corrected chi connectivity index (χ3v) is 9.98. The highest BCUT2D eigenvalue weighted by atomic mass is 32.2. The van der Waals surface area contributed by atoms with Crippen LogP contribution in [0.3, 0.4) is 0 Å². The number of aliphatic carboxylic acids is 1. The topological polar surface area (TPSA) is 104 Å². The Hall–Kier alpha value is -3.49. The molecule has 1 saturated carbocycles. The molecular weight excluding hydrogens is 536 g/mol. The molecule has 0 aromatic heterocycles. The molecule has 8 heteroatoms. The third-order valence-electron chi connectivity index (χ3n) is 8.45. The summed E-state index contributed by atoms with van der Waals surface area (Å²) in [6.07, 6.45) is 6.36. The first kappa shape index (κ1) is 29.0. The Kier molecular flexibility index (Phi) is 9.20. The van der Waals surface area contributed by atoms with Crippen molar-refractivity contribution in [2.75, 3.05) is 6.54 Å². The van der Waals surface area contributed by atoms with Crippen molar-refractivity contribution >= 4 is 21.9 Å². The molecule has 1 aliphatic carbocycles. The van der Waals surface area contributed by atoms with Gasteiger partial charge in [0.15, 0.2) is 0 Å². The zero-order chi connectivity index (χ0) is 28.8. The summed E-state index contributed by atoms with van der Waals surface area (Å²) < 4.78 is 29.2. The molecule has 216 valence electrons. The van der Waals surface area contributed by atoms with Crippen molar-refractivity contribution in [1.29, 1.82) is 0 Å². The van der Waals surface area contributed by atoms with E-state index in [1.165, 1.54) is 5.56 Å². The number of carboxylic acids is 1. The van der Waals surface area contributed by atoms with Crippen molar-refractivity contribution in [2.24, 2.45) is 5.92 Å². The summed E-state index contributed by atoms with van der Waals surface area (Å²) in [7, 11) is -3.69. The van der Waals surface area contributed by atoms with Gasteiger partial charge in [0.05, 0.1) is 10.9 Å². The molecule has 3 aromatic carbocycles. The molecule has 2 fully saturated rings. The zero-order valence-electron chi connectivity index (χ0n) is 23.2. The summed E-state index contributed by atoms with van der Waals surface area (Å²) in [5, 5.41) is 8.86. The van der Waals surface area contributed by atoms with Crippen LogP contribution in [0.15, 0.2) is 83.8 Å². The highest BCUT2D eigenvalue weighted by Gasteiger charge is 2.35. The second-order valence-electron chi connectivity index (χ2n) is 11.2. The second-order valence-corrected chi connectivity index (χ2v) is 13.0. The van der Waals surface area contributed by atoms with E-state index in [9.17, 15) is 18.0 Å². The van der Waals surface area contributed by atoms with Gasteiger partial charge in [-0.2, -0.15) is 0 Å². The molecule has 3 aromatic rings. The Balaban J connectivity index is 1.16. The lowest BCUT2D eigenvalue weighted by Gasteiger charge is -2.39. The summed E-state index contributed by atoms with van der Waals surface area (Å²) in [6, 6.07) is 24.7. The summed E-state index contributed by atoms with van der Waals surface area (Å²) in [5.41, 5.74) is 3.97. The van der Waals surface area contributed by atoms with Crippen LogP contribution in [0.5, 0.6) is 0 Å². The Bertz CT molecular complexity index is 1430. The normalized spacial score (nSPS) is 21.4. The fourth-order valence-electron chi connectivity index (χ4n) is 6.14. The van der Waals surface area contributed by atoms with Crippen LogP contribution in [0.2, 0.25) is 0 Å². The largest absolute Gasteiger partial charge is 0.481 e. The van der Waals surface area contributed by atoms with Crippen LogP contribution < -0.4 is 4.72 Å². The van der Waals surface area contributed by atoms with Crippen LogP contribution >= 0.6 is 0 Å². The molecule has 2 N–H and O–H groups in total. The Morgan fingerprint density at radius 1 is 0.805 bits per heavy atom. The first-order valence-corrected chi connectivity index (χ1v) is 16.1. The number of likely N-dealkylation sites (tertiary alicyclic amines) is 1. The Labute approximate surface area is 242 Å². The molecule has 41 heavy (non-hydrogen) atoms. The average molecular weight is 575 g/mol. The first-order valence-electron chi connectivity index (χ1n) is 14.6. The minimum absolute atomic E-state index is 0.0603. The van der Waals surface area contributed by atoms with Gasteiger partial charge in [0.1, 0.15) is 0 Å². The van der Waals surface area contributed by atoms with E-state index in [4.69, 9.17) is 5.11 Å². The van der Waals surface area contributed by atoms with Crippen molar-refractivity contribution < 1.29 is 23.1 Å². The first-order chi connectivity index (χ1) is 19.8. The predicted octanol–water partition coefficient (Wildman–Crippen LogP) is 5.96. The van der Waals surface area contributed by atoms with Gasteiger partial charge >= 0.3 is 5.97 Å². The number of nitrogens with one attached hydrogen (secondary N) is 1. The lowest BCUT2D eigenvalue weighted by atomic mass is 9.84. The monoisotopic (exact) mass is 574 g/mol. The summed E-state index contributed by atoms with van der Waals surface area (Å²) in [5.74, 6) is -0.671. The van der Waals surface area contributed by atoms with Gasteiger partial charge in [-0.3, -0.25) is 9.59 Å². The number of carbonyl (C=O) groups is 2. The quantitative estimate of drug-likeness (QED) is 0.328. The van der Waals surface area contributed by atoms with Gasteiger partial charge in [-0.25, -0.2) is 13.1 Å². The fraction of sp³-hybridized carbons (Fsp3) is 0.394. The molecule has 0 radical (unpaired) electrons. The van der Waals surface area contributed by atoms with E-state index in [0.717, 1.165) is 42.5 Å². The number of benzene rings is 3. The number of carbonyl (C=O) groups excluding carboxylic acids is 1. The number of rotatable bonds is 9. The molecule has 7 nitrogen and oxygen atoms in total. The van der Waals surface area contributed by atoms with Crippen molar-refractivity contribution in [2.45, 2.75) is 74.8 Å². The van der Waals surface area contributed by atoms with Crippen LogP contribution in [0, 0.1) is 5.92 Å². The number of hydrogen-bond acceptors (Lipinski definition) is 4. The second kappa shape index (κ2) is 13.0. The molecule has 1 amide bonds. The highest BCUT2D eigenvalue weighted by Crippen LogP contribution is 2.35. The summed E-state index contributed by atoms with van der Waals surface area (Å²) >= 11 is 0. The van der Waals surface area contributed by atoms with Crippen LogP contribution in [-0.4, -0.2) is 42.9 Å². The van der Waals surface area contributed by atoms with Crippen molar-refractivity contribution in [3.05, 3.63) is 90.0 Å². The molecule has 1 saturated heterocycles. The van der Waals surface area contributed by atoms with Crippen LogP contribution in [0.1, 0.15) is 68.5 Å². The van der Waals surface area contributed by atoms with Gasteiger partial charge in [0, 0.05) is 24.9 Å². The molecule has 0 bridgehead atoms. The van der Waals surface area contributed by atoms with Gasteiger partial charge in [-0.1, -0.05) is 66.7 Å². The van der Waals surface area contributed by atoms with E-state index in [1.807, 2.05) is 42.5 Å². The lowest BCUT2D eigenvalue weighted by molar-refractivity contribution is -0.140. The van der Waals surface area contributed by atoms with E-state index in [0.29, 0.717) is 32.1 Å². The predicted molar refractivity (Wildman–Crippen MR) is 159 cm³/mol. The van der Waals surface area contributed by atoms with E-state index in [2.05, 4.69) is 21.8 Å². The minimum atomic E-state index is -3.69. The van der Waals surface area contributed by atoms with Crippen molar-refractivity contribution in [3.63, 3.8) is 0 Å². The molecular formula is C33H38N2O5S. The van der Waals surface area contributed by atoms with E-state index in [1.54, 1.807) is 24.3 Å². The number of nitrogens with zero attached hydrogens (tertiary/aromatic N) is 1. The highest BCUT2D eigenvalue weighted by molar-refractivity contribution is 7.89. The SMILES string of the molecule is O=C(O)CCc1ccc(-c2ccc(S(=O)(=O)N[C@H]3CC[C@H](C(=O)N4CCCCC4c4ccccc4)CC3)cc2)cc1. The van der Waals surface area contributed by atoms with Crippen molar-refractivity contribution in [3.8, 4) is 11.1 Å². The maximum Gasteiger partial charge on any atom is 0.303 e. The third kappa shape index (κ3) is 7.24. The number of amides is 1. The Morgan fingerprint density at radius 3 is 2.07 bits per heavy atom. The zero-order valence-corrected chi connectivity index (χ0v) is 24.1. The summed E-state index contributed by atoms with van der Waals surface area (Å²) in [4.78, 5) is 26.6. The Morgan fingerprint density at radius 2 is 1.44 bits per heavy atom. The van der Waals surface area contributed by atoms with Gasteiger partial charge in [0.2, 0.25) is 15.9 Å². The fourth-order valence-corrected chi connectivity index (χ4v) is 7.44. The standard InChI is InChI=1S/C33H38N2O5S/c36-32(37)22-11-24-9-12-25(13-10-24)26-16-20-30(21-17-26)41(39,40)34-29-18-14-28(15-19-29)33(38)35-23-5-4-8-31(35)27-6-2-1-3-7-27/h1-3,6-7,9-10,12-13,16-17,20-21,28-29,31,34H,4-5,8,11,14-15,18-19,22-23H2,(H,36,37)/t28-,29-,31?. The number of piperidine rings is 1. The average Bonchev–Trinajstić information content (AvgIpc) is 3.00.